The zero-order chi connectivity index (χ0) is 17.5. The van der Waals surface area contributed by atoms with E-state index in [-0.39, 0.29) is 0 Å². The molecule has 0 aliphatic carbocycles. The maximum Gasteiger partial charge on any atom is 0.123 e. The lowest BCUT2D eigenvalue weighted by Crippen LogP contribution is -2.00. The normalized spacial score (nSPS) is 10.6. The third-order valence-electron chi connectivity index (χ3n) is 4.34. The molecule has 0 bridgehead atoms. The van der Waals surface area contributed by atoms with Crippen molar-refractivity contribution in [2.75, 3.05) is 0 Å². The smallest absolute Gasteiger partial charge is 0.123 e. The van der Waals surface area contributed by atoms with Gasteiger partial charge in [0.2, 0.25) is 0 Å². The number of alkyl halides is 1. The first-order chi connectivity index (χ1) is 12.3. The van der Waals surface area contributed by atoms with Crippen molar-refractivity contribution < 1.29 is 4.74 Å². The maximum absolute atomic E-state index is 6.10. The van der Waals surface area contributed by atoms with Gasteiger partial charge in [0.15, 0.2) is 0 Å². The Bertz CT molecular complexity index is 794. The Labute approximate surface area is 155 Å². The van der Waals surface area contributed by atoms with Crippen LogP contribution in [0.4, 0.5) is 0 Å². The number of aryl methyl sites for hydroxylation is 1. The lowest BCUT2D eigenvalue weighted by Gasteiger charge is -2.13. The van der Waals surface area contributed by atoms with Crippen LogP contribution in [0.2, 0.25) is 0 Å². The topological polar surface area (TPSA) is 9.23 Å². The molecule has 0 spiro atoms. The molecule has 3 rings (SSSR count). The van der Waals surface area contributed by atoms with Gasteiger partial charge in [-0.15, -0.1) is 11.6 Å². The monoisotopic (exact) mass is 350 g/mol. The molecule has 0 saturated heterocycles. The summed E-state index contributed by atoms with van der Waals surface area (Å²) in [5, 5.41) is 0. The van der Waals surface area contributed by atoms with Gasteiger partial charge in [-0.25, -0.2) is 0 Å². The minimum Gasteiger partial charge on any atom is -0.489 e. The molecular weight excluding hydrogens is 328 g/mol. The Kier molecular flexibility index (Phi) is 6.14. The highest BCUT2D eigenvalue weighted by Crippen LogP contribution is 2.25. The van der Waals surface area contributed by atoms with Gasteiger partial charge in [0.05, 0.1) is 0 Å². The van der Waals surface area contributed by atoms with Crippen LogP contribution >= 0.6 is 11.6 Å². The molecule has 2 heteroatoms. The molecular formula is C23H23ClO. The SMILES string of the molecule is CCc1ccc(Cc2cc(CCl)ccc2OCc2ccccc2)cc1. The van der Waals surface area contributed by atoms with Gasteiger partial charge in [-0.2, -0.15) is 0 Å². The van der Waals surface area contributed by atoms with Gasteiger partial charge < -0.3 is 4.74 Å². The van der Waals surface area contributed by atoms with E-state index in [9.17, 15) is 0 Å². The summed E-state index contributed by atoms with van der Waals surface area (Å²) in [6, 6.07) is 25.3. The van der Waals surface area contributed by atoms with Gasteiger partial charge in [0, 0.05) is 12.3 Å². The average molecular weight is 351 g/mol. The van der Waals surface area contributed by atoms with Crippen molar-refractivity contribution in [3.8, 4) is 5.75 Å². The molecule has 3 aromatic rings. The number of ether oxygens (including phenoxy) is 1. The summed E-state index contributed by atoms with van der Waals surface area (Å²) in [6.07, 6.45) is 1.91. The lowest BCUT2D eigenvalue weighted by molar-refractivity contribution is 0.303. The molecule has 1 nitrogen and oxygen atoms in total. The Hall–Kier alpha value is -2.25. The van der Waals surface area contributed by atoms with E-state index in [1.165, 1.54) is 22.3 Å². The van der Waals surface area contributed by atoms with Crippen LogP contribution in [0.3, 0.4) is 0 Å². The van der Waals surface area contributed by atoms with Crippen molar-refractivity contribution in [2.45, 2.75) is 32.3 Å². The number of halogens is 1. The molecule has 128 valence electrons. The fourth-order valence-corrected chi connectivity index (χ4v) is 3.01. The van der Waals surface area contributed by atoms with E-state index in [0.717, 1.165) is 24.2 Å². The Balaban J connectivity index is 1.79. The van der Waals surface area contributed by atoms with Crippen LogP contribution in [0.1, 0.15) is 34.7 Å². The van der Waals surface area contributed by atoms with Crippen molar-refractivity contribution in [3.63, 3.8) is 0 Å². The molecule has 0 amide bonds. The lowest BCUT2D eigenvalue weighted by atomic mass is 10.0. The second-order valence-corrected chi connectivity index (χ2v) is 6.46. The van der Waals surface area contributed by atoms with Crippen LogP contribution in [0.5, 0.6) is 5.75 Å². The summed E-state index contributed by atoms with van der Waals surface area (Å²) < 4.78 is 6.10. The van der Waals surface area contributed by atoms with Crippen molar-refractivity contribution in [1.29, 1.82) is 0 Å². The standard InChI is InChI=1S/C23H23ClO/c1-2-18-8-10-19(11-9-18)14-22-15-21(16-24)12-13-23(22)25-17-20-6-4-3-5-7-20/h3-13,15H,2,14,16-17H2,1H3. The largest absolute Gasteiger partial charge is 0.489 e. The van der Waals surface area contributed by atoms with Gasteiger partial charge in [-0.05, 0) is 40.3 Å². The second-order valence-electron chi connectivity index (χ2n) is 6.20. The Morgan fingerprint density at radius 1 is 0.760 bits per heavy atom. The fraction of sp³-hybridized carbons (Fsp3) is 0.217. The van der Waals surface area contributed by atoms with Gasteiger partial charge in [-0.3, -0.25) is 0 Å². The van der Waals surface area contributed by atoms with Crippen molar-refractivity contribution >= 4 is 11.6 Å². The van der Waals surface area contributed by atoms with E-state index in [0.29, 0.717) is 12.5 Å². The van der Waals surface area contributed by atoms with Gasteiger partial charge >= 0.3 is 0 Å². The van der Waals surface area contributed by atoms with E-state index in [1.54, 1.807) is 0 Å². The molecule has 0 unspecified atom stereocenters. The van der Waals surface area contributed by atoms with Crippen LogP contribution in [0, 0.1) is 0 Å². The first kappa shape index (κ1) is 17.6. The molecule has 0 aromatic heterocycles. The van der Waals surface area contributed by atoms with Gasteiger partial charge in [0.25, 0.3) is 0 Å². The third-order valence-corrected chi connectivity index (χ3v) is 4.65. The van der Waals surface area contributed by atoms with Crippen LogP contribution < -0.4 is 4.74 Å². The summed E-state index contributed by atoms with van der Waals surface area (Å²) in [4.78, 5) is 0. The van der Waals surface area contributed by atoms with E-state index in [2.05, 4.69) is 49.4 Å². The van der Waals surface area contributed by atoms with Crippen molar-refractivity contribution in [2.24, 2.45) is 0 Å². The van der Waals surface area contributed by atoms with Crippen LogP contribution in [-0.2, 0) is 25.3 Å². The highest BCUT2D eigenvalue weighted by atomic mass is 35.5. The molecule has 0 saturated carbocycles. The highest BCUT2D eigenvalue weighted by Gasteiger charge is 2.07. The molecule has 3 aromatic carbocycles. The first-order valence-electron chi connectivity index (χ1n) is 8.71. The summed E-state index contributed by atoms with van der Waals surface area (Å²) in [5.41, 5.74) is 6.11. The summed E-state index contributed by atoms with van der Waals surface area (Å²) in [6.45, 7) is 2.75. The van der Waals surface area contributed by atoms with E-state index in [4.69, 9.17) is 16.3 Å². The molecule has 0 radical (unpaired) electrons. The molecule has 0 heterocycles. The van der Waals surface area contributed by atoms with Gasteiger partial charge in [-0.1, -0.05) is 73.7 Å². The fourth-order valence-electron chi connectivity index (χ4n) is 2.84. The molecule has 0 aliphatic heterocycles. The predicted octanol–water partition coefficient (Wildman–Crippen LogP) is 6.16. The summed E-state index contributed by atoms with van der Waals surface area (Å²) >= 11 is 6.03. The number of hydrogen-bond donors (Lipinski definition) is 0. The Morgan fingerprint density at radius 2 is 1.44 bits per heavy atom. The summed E-state index contributed by atoms with van der Waals surface area (Å²) in [5.74, 6) is 1.44. The quantitative estimate of drug-likeness (QED) is 0.464. The molecule has 0 fully saturated rings. The highest BCUT2D eigenvalue weighted by molar-refractivity contribution is 6.17. The third kappa shape index (κ3) is 4.87. The molecule has 0 atom stereocenters. The van der Waals surface area contributed by atoms with Crippen molar-refractivity contribution in [3.05, 3.63) is 101 Å². The average Bonchev–Trinajstić information content (AvgIpc) is 2.68. The number of rotatable bonds is 7. The second kappa shape index (κ2) is 8.73. The number of hydrogen-bond acceptors (Lipinski definition) is 1. The Morgan fingerprint density at radius 3 is 2.12 bits per heavy atom. The molecule has 0 N–H and O–H groups in total. The van der Waals surface area contributed by atoms with Crippen LogP contribution in [0.25, 0.3) is 0 Å². The molecule has 0 aliphatic rings. The first-order valence-corrected chi connectivity index (χ1v) is 9.24. The van der Waals surface area contributed by atoms with E-state index in [1.807, 2.05) is 30.3 Å². The minimum atomic E-state index is 0.515. The minimum absolute atomic E-state index is 0.515. The zero-order valence-electron chi connectivity index (χ0n) is 14.5. The molecule has 25 heavy (non-hydrogen) atoms. The van der Waals surface area contributed by atoms with Crippen molar-refractivity contribution in [1.82, 2.24) is 0 Å². The predicted molar refractivity (Wildman–Crippen MR) is 105 cm³/mol. The van der Waals surface area contributed by atoms with Crippen LogP contribution in [-0.4, -0.2) is 0 Å². The summed E-state index contributed by atoms with van der Waals surface area (Å²) in [7, 11) is 0. The number of benzene rings is 3. The zero-order valence-corrected chi connectivity index (χ0v) is 15.3. The van der Waals surface area contributed by atoms with E-state index < -0.39 is 0 Å². The van der Waals surface area contributed by atoms with E-state index >= 15 is 0 Å². The van der Waals surface area contributed by atoms with Crippen LogP contribution in [0.15, 0.2) is 72.8 Å². The maximum atomic E-state index is 6.10. The van der Waals surface area contributed by atoms with Gasteiger partial charge in [0.1, 0.15) is 12.4 Å².